The maximum absolute atomic E-state index is 11.5. The summed E-state index contributed by atoms with van der Waals surface area (Å²) < 4.78 is 30.2. The van der Waals surface area contributed by atoms with Crippen molar-refractivity contribution in [3.05, 3.63) is 11.4 Å². The van der Waals surface area contributed by atoms with Crippen LogP contribution in [0.3, 0.4) is 0 Å². The molecule has 86 valence electrons. The summed E-state index contributed by atoms with van der Waals surface area (Å²) in [6.45, 7) is 3.66. The molecule has 0 saturated heterocycles. The smallest absolute Gasteiger partial charge is 0.235 e. The van der Waals surface area contributed by atoms with E-state index < -0.39 is 10.0 Å². The van der Waals surface area contributed by atoms with Gasteiger partial charge in [-0.2, -0.15) is 5.10 Å². The zero-order valence-electron chi connectivity index (χ0n) is 8.99. The van der Waals surface area contributed by atoms with E-state index in [0.717, 1.165) is 0 Å². The number of hydrogen-bond acceptors (Lipinski definition) is 4. The van der Waals surface area contributed by atoms with Gasteiger partial charge < -0.3 is 4.74 Å². The number of aromatic nitrogens is 2. The van der Waals surface area contributed by atoms with Gasteiger partial charge in [0.05, 0.1) is 29.4 Å². The van der Waals surface area contributed by atoms with Crippen LogP contribution in [0.15, 0.2) is 0 Å². The molecule has 0 saturated carbocycles. The molecule has 0 radical (unpaired) electrons. The van der Waals surface area contributed by atoms with Crippen LogP contribution < -0.4 is 4.72 Å². The molecule has 15 heavy (non-hydrogen) atoms. The fourth-order valence-electron chi connectivity index (χ4n) is 1.10. The number of sulfonamides is 1. The number of anilines is 1. The molecule has 0 amide bonds. The lowest BCUT2D eigenvalue weighted by Gasteiger charge is -2.07. The Bertz CT molecular complexity index is 405. The van der Waals surface area contributed by atoms with E-state index in [2.05, 4.69) is 14.9 Å². The molecule has 0 fully saturated rings. The number of H-pyrrole nitrogens is 1. The van der Waals surface area contributed by atoms with E-state index in [-0.39, 0.29) is 12.4 Å². The normalized spacial score (nSPS) is 11.7. The van der Waals surface area contributed by atoms with E-state index in [1.807, 2.05) is 0 Å². The summed E-state index contributed by atoms with van der Waals surface area (Å²) in [5.74, 6) is -0.0619. The highest BCUT2D eigenvalue weighted by Gasteiger charge is 2.14. The van der Waals surface area contributed by atoms with Gasteiger partial charge in [0, 0.05) is 7.11 Å². The van der Waals surface area contributed by atoms with Crippen molar-refractivity contribution in [2.45, 2.75) is 13.8 Å². The van der Waals surface area contributed by atoms with E-state index in [1.165, 1.54) is 7.11 Å². The molecule has 1 aromatic heterocycles. The van der Waals surface area contributed by atoms with Crippen LogP contribution in [-0.2, 0) is 14.8 Å². The van der Waals surface area contributed by atoms with Crippen LogP contribution in [0.2, 0.25) is 0 Å². The largest absolute Gasteiger partial charge is 0.384 e. The van der Waals surface area contributed by atoms with Crippen molar-refractivity contribution in [3.63, 3.8) is 0 Å². The molecule has 0 aliphatic carbocycles. The first kappa shape index (κ1) is 12.0. The Morgan fingerprint density at radius 3 is 2.60 bits per heavy atom. The molecule has 6 nitrogen and oxygen atoms in total. The molecular formula is C8H15N3O3S. The third-order valence-corrected chi connectivity index (χ3v) is 3.16. The molecule has 1 heterocycles. The Morgan fingerprint density at radius 2 is 2.13 bits per heavy atom. The Balaban J connectivity index is 2.77. The minimum atomic E-state index is -3.35. The SMILES string of the molecule is COCCS(=O)(=O)Nc1c(C)n[nH]c1C. The molecule has 0 atom stereocenters. The summed E-state index contributed by atoms with van der Waals surface area (Å²) in [4.78, 5) is 0. The van der Waals surface area contributed by atoms with Crippen LogP contribution in [0.5, 0.6) is 0 Å². The third kappa shape index (κ3) is 3.21. The molecular weight excluding hydrogens is 218 g/mol. The highest BCUT2D eigenvalue weighted by atomic mass is 32.2. The van der Waals surface area contributed by atoms with E-state index >= 15 is 0 Å². The Morgan fingerprint density at radius 1 is 1.47 bits per heavy atom. The van der Waals surface area contributed by atoms with Gasteiger partial charge >= 0.3 is 0 Å². The van der Waals surface area contributed by atoms with Crippen molar-refractivity contribution < 1.29 is 13.2 Å². The first-order chi connectivity index (χ1) is 6.96. The van der Waals surface area contributed by atoms with Crippen LogP contribution in [0.1, 0.15) is 11.4 Å². The second kappa shape index (κ2) is 4.63. The van der Waals surface area contributed by atoms with Gasteiger partial charge in [-0.1, -0.05) is 0 Å². The molecule has 0 aliphatic rings. The second-order valence-electron chi connectivity index (χ2n) is 3.22. The van der Waals surface area contributed by atoms with Gasteiger partial charge in [0.25, 0.3) is 0 Å². The molecule has 2 N–H and O–H groups in total. The maximum atomic E-state index is 11.5. The zero-order chi connectivity index (χ0) is 11.5. The van der Waals surface area contributed by atoms with E-state index in [4.69, 9.17) is 4.74 Å². The molecule has 1 aromatic rings. The van der Waals surface area contributed by atoms with E-state index in [1.54, 1.807) is 13.8 Å². The Labute approximate surface area is 89.1 Å². The van der Waals surface area contributed by atoms with Crippen LogP contribution in [0.25, 0.3) is 0 Å². The number of aryl methyl sites for hydroxylation is 2. The van der Waals surface area contributed by atoms with Crippen molar-refractivity contribution in [1.82, 2.24) is 10.2 Å². The predicted molar refractivity (Wildman–Crippen MR) is 57.3 cm³/mol. The van der Waals surface area contributed by atoms with Crippen molar-refractivity contribution in [3.8, 4) is 0 Å². The minimum absolute atomic E-state index is 0.0619. The van der Waals surface area contributed by atoms with E-state index in [9.17, 15) is 8.42 Å². The first-order valence-electron chi connectivity index (χ1n) is 4.47. The van der Waals surface area contributed by atoms with Gasteiger partial charge in [-0.15, -0.1) is 0 Å². The quantitative estimate of drug-likeness (QED) is 0.771. The zero-order valence-corrected chi connectivity index (χ0v) is 9.81. The second-order valence-corrected chi connectivity index (χ2v) is 5.06. The molecule has 0 aromatic carbocycles. The van der Waals surface area contributed by atoms with Gasteiger partial charge in [0.1, 0.15) is 0 Å². The van der Waals surface area contributed by atoms with Gasteiger partial charge in [-0.05, 0) is 13.8 Å². The molecule has 7 heteroatoms. The van der Waals surface area contributed by atoms with Gasteiger partial charge in [-0.3, -0.25) is 9.82 Å². The van der Waals surface area contributed by atoms with Crippen LogP contribution in [-0.4, -0.2) is 38.1 Å². The minimum Gasteiger partial charge on any atom is -0.384 e. The number of rotatable bonds is 5. The Kier molecular flexibility index (Phi) is 3.70. The highest BCUT2D eigenvalue weighted by Crippen LogP contribution is 2.17. The van der Waals surface area contributed by atoms with Crippen molar-refractivity contribution in [2.24, 2.45) is 0 Å². The highest BCUT2D eigenvalue weighted by molar-refractivity contribution is 7.92. The molecule has 0 bridgehead atoms. The number of methoxy groups -OCH3 is 1. The van der Waals surface area contributed by atoms with Crippen LogP contribution in [0, 0.1) is 13.8 Å². The topological polar surface area (TPSA) is 84.1 Å². The third-order valence-electron chi connectivity index (χ3n) is 1.94. The number of nitrogens with zero attached hydrogens (tertiary/aromatic N) is 1. The van der Waals surface area contributed by atoms with Crippen molar-refractivity contribution >= 4 is 15.7 Å². The summed E-state index contributed by atoms with van der Waals surface area (Å²) in [5, 5.41) is 6.60. The van der Waals surface area contributed by atoms with E-state index in [0.29, 0.717) is 17.1 Å². The lowest BCUT2D eigenvalue weighted by Crippen LogP contribution is -2.20. The fraction of sp³-hybridized carbons (Fsp3) is 0.625. The summed E-state index contributed by atoms with van der Waals surface area (Å²) >= 11 is 0. The Hall–Kier alpha value is -1.08. The average Bonchev–Trinajstić information content (AvgIpc) is 2.46. The first-order valence-corrected chi connectivity index (χ1v) is 6.12. The van der Waals surface area contributed by atoms with Gasteiger partial charge in [0.2, 0.25) is 10.0 Å². The molecule has 0 unspecified atom stereocenters. The lowest BCUT2D eigenvalue weighted by atomic mass is 10.3. The summed E-state index contributed by atoms with van der Waals surface area (Å²) in [6.07, 6.45) is 0. The fourth-order valence-corrected chi connectivity index (χ4v) is 2.20. The molecule has 0 spiro atoms. The average molecular weight is 233 g/mol. The number of ether oxygens (including phenoxy) is 1. The van der Waals surface area contributed by atoms with Crippen LogP contribution >= 0.6 is 0 Å². The summed E-state index contributed by atoms with van der Waals surface area (Å²) in [5.41, 5.74) is 1.85. The maximum Gasteiger partial charge on any atom is 0.235 e. The molecule has 0 aliphatic heterocycles. The molecule has 1 rings (SSSR count). The van der Waals surface area contributed by atoms with Crippen molar-refractivity contribution in [1.29, 1.82) is 0 Å². The predicted octanol–water partition coefficient (Wildman–Crippen LogP) is 0.415. The standard InChI is InChI=1S/C8H15N3O3S/c1-6-8(7(2)10-9-6)11-15(12,13)5-4-14-3/h11H,4-5H2,1-3H3,(H,9,10). The van der Waals surface area contributed by atoms with Crippen molar-refractivity contribution in [2.75, 3.05) is 24.2 Å². The number of nitrogens with one attached hydrogen (secondary N) is 2. The summed E-state index contributed by atoms with van der Waals surface area (Å²) in [6, 6.07) is 0. The number of hydrogen-bond donors (Lipinski definition) is 2. The lowest BCUT2D eigenvalue weighted by molar-refractivity contribution is 0.217. The monoisotopic (exact) mass is 233 g/mol. The van der Waals surface area contributed by atoms with Crippen LogP contribution in [0.4, 0.5) is 5.69 Å². The summed E-state index contributed by atoms with van der Waals surface area (Å²) in [7, 11) is -1.88. The van der Waals surface area contributed by atoms with Gasteiger partial charge in [0.15, 0.2) is 0 Å². The number of aromatic amines is 1. The van der Waals surface area contributed by atoms with Gasteiger partial charge in [-0.25, -0.2) is 8.42 Å².